The lowest BCUT2D eigenvalue weighted by molar-refractivity contribution is -0.385. The Balaban J connectivity index is 2.33. The number of aromatic nitrogens is 2. The van der Waals surface area contributed by atoms with Crippen LogP contribution in [0.3, 0.4) is 0 Å². The van der Waals surface area contributed by atoms with Crippen molar-refractivity contribution in [2.75, 3.05) is 0 Å². The van der Waals surface area contributed by atoms with E-state index in [0.29, 0.717) is 11.4 Å². The second-order valence-corrected chi connectivity index (χ2v) is 3.39. The number of para-hydroxylation sites is 1. The van der Waals surface area contributed by atoms with E-state index >= 15 is 0 Å². The largest absolute Gasteiger partial charge is 0.278 e. The number of nitro groups is 1. The maximum atomic E-state index is 10.8. The maximum Gasteiger partial charge on any atom is 0.278 e. The second-order valence-electron chi connectivity index (χ2n) is 3.39. The van der Waals surface area contributed by atoms with E-state index in [2.05, 4.69) is 10.1 Å². The first kappa shape index (κ1) is 11.0. The quantitative estimate of drug-likeness (QED) is 0.460. The van der Waals surface area contributed by atoms with Crippen molar-refractivity contribution >= 4 is 17.7 Å². The van der Waals surface area contributed by atoms with Crippen molar-refractivity contribution in [3.8, 4) is 0 Å². The van der Waals surface area contributed by atoms with Crippen molar-refractivity contribution in [1.29, 1.82) is 0 Å². The Morgan fingerprint density at radius 3 is 2.82 bits per heavy atom. The first-order valence-corrected chi connectivity index (χ1v) is 4.94. The minimum Gasteiger partial charge on any atom is -0.258 e. The highest BCUT2D eigenvalue weighted by atomic mass is 16.6. The average Bonchev–Trinajstić information content (AvgIpc) is 2.72. The predicted molar refractivity (Wildman–Crippen MR) is 63.6 cm³/mol. The van der Waals surface area contributed by atoms with Crippen LogP contribution < -0.4 is 0 Å². The van der Waals surface area contributed by atoms with E-state index in [0.717, 1.165) is 0 Å². The normalized spacial score (nSPS) is 10.9. The number of hydrogen-bond acceptors (Lipinski definition) is 4. The molecule has 0 atom stereocenters. The molecule has 0 amide bonds. The molecule has 86 valence electrons. The molecule has 0 bridgehead atoms. The number of aliphatic imine (C=N–C) groups is 1. The lowest BCUT2D eigenvalue weighted by Crippen LogP contribution is -1.94. The zero-order valence-electron chi connectivity index (χ0n) is 9.15. The van der Waals surface area contributed by atoms with Crippen LogP contribution >= 0.6 is 0 Å². The number of nitro benzene ring substituents is 1. The number of nitrogens with zero attached hydrogens (tertiary/aromatic N) is 4. The fourth-order valence-corrected chi connectivity index (χ4v) is 1.39. The summed E-state index contributed by atoms with van der Waals surface area (Å²) in [5.74, 6) is 0.642. The SMILES string of the molecule is Cn1nccc1/N=C/c1ccccc1[N+](=O)[O-]. The molecule has 0 radical (unpaired) electrons. The van der Waals surface area contributed by atoms with Crippen molar-refractivity contribution in [2.24, 2.45) is 12.0 Å². The molecule has 2 aromatic rings. The summed E-state index contributed by atoms with van der Waals surface area (Å²) in [4.78, 5) is 14.5. The molecule has 0 saturated carbocycles. The smallest absolute Gasteiger partial charge is 0.258 e. The van der Waals surface area contributed by atoms with Crippen molar-refractivity contribution in [2.45, 2.75) is 0 Å². The minimum atomic E-state index is -0.426. The second kappa shape index (κ2) is 4.56. The minimum absolute atomic E-state index is 0.0402. The van der Waals surface area contributed by atoms with E-state index in [4.69, 9.17) is 0 Å². The number of benzene rings is 1. The maximum absolute atomic E-state index is 10.8. The molecule has 17 heavy (non-hydrogen) atoms. The van der Waals surface area contributed by atoms with Crippen molar-refractivity contribution in [3.63, 3.8) is 0 Å². The van der Waals surface area contributed by atoms with Gasteiger partial charge in [-0.05, 0) is 6.07 Å². The Kier molecular flexibility index (Phi) is 2.95. The molecule has 0 spiro atoms. The van der Waals surface area contributed by atoms with Gasteiger partial charge in [0.15, 0.2) is 0 Å². The molecule has 6 heteroatoms. The lowest BCUT2D eigenvalue weighted by Gasteiger charge is -1.96. The topological polar surface area (TPSA) is 73.3 Å². The van der Waals surface area contributed by atoms with Crippen molar-refractivity contribution in [1.82, 2.24) is 9.78 Å². The number of aryl methyl sites for hydroxylation is 1. The molecule has 1 aromatic heterocycles. The summed E-state index contributed by atoms with van der Waals surface area (Å²) in [5, 5.41) is 14.7. The van der Waals surface area contributed by atoms with E-state index in [1.54, 1.807) is 42.2 Å². The van der Waals surface area contributed by atoms with Gasteiger partial charge in [0.2, 0.25) is 0 Å². The molecule has 0 unspecified atom stereocenters. The highest BCUT2D eigenvalue weighted by molar-refractivity contribution is 5.86. The molecule has 0 saturated heterocycles. The van der Waals surface area contributed by atoms with Crippen LogP contribution in [0, 0.1) is 10.1 Å². The average molecular weight is 230 g/mol. The van der Waals surface area contributed by atoms with Gasteiger partial charge in [0, 0.05) is 25.4 Å². The van der Waals surface area contributed by atoms with Gasteiger partial charge in [-0.25, -0.2) is 4.99 Å². The molecule has 0 aliphatic carbocycles. The van der Waals surface area contributed by atoms with Crippen LogP contribution in [0.5, 0.6) is 0 Å². The van der Waals surface area contributed by atoms with Gasteiger partial charge in [-0.15, -0.1) is 0 Å². The number of rotatable bonds is 3. The van der Waals surface area contributed by atoms with E-state index in [1.807, 2.05) is 0 Å². The third kappa shape index (κ3) is 2.36. The van der Waals surface area contributed by atoms with Gasteiger partial charge in [-0.2, -0.15) is 5.10 Å². The molecule has 0 aliphatic rings. The monoisotopic (exact) mass is 230 g/mol. The zero-order valence-corrected chi connectivity index (χ0v) is 9.15. The Hall–Kier alpha value is -2.50. The summed E-state index contributed by atoms with van der Waals surface area (Å²) in [6.45, 7) is 0. The van der Waals surface area contributed by atoms with Gasteiger partial charge < -0.3 is 0 Å². The molecule has 0 N–H and O–H groups in total. The van der Waals surface area contributed by atoms with Crippen LogP contribution in [0.15, 0.2) is 41.5 Å². The molecular weight excluding hydrogens is 220 g/mol. The standard InChI is InChI=1S/C11H10N4O2/c1-14-11(6-7-13-14)12-8-9-4-2-3-5-10(9)15(16)17/h2-8H,1H3/b12-8+. The van der Waals surface area contributed by atoms with Gasteiger partial charge in [-0.3, -0.25) is 14.8 Å². The van der Waals surface area contributed by atoms with Gasteiger partial charge in [0.05, 0.1) is 16.7 Å². The summed E-state index contributed by atoms with van der Waals surface area (Å²) in [6, 6.07) is 8.19. The summed E-state index contributed by atoms with van der Waals surface area (Å²) in [6.07, 6.45) is 3.08. The van der Waals surface area contributed by atoms with Gasteiger partial charge in [0.25, 0.3) is 5.69 Å². The van der Waals surface area contributed by atoms with E-state index in [-0.39, 0.29) is 5.69 Å². The van der Waals surface area contributed by atoms with Crippen molar-refractivity contribution < 1.29 is 4.92 Å². The zero-order chi connectivity index (χ0) is 12.3. The lowest BCUT2D eigenvalue weighted by atomic mass is 10.2. The van der Waals surface area contributed by atoms with Gasteiger partial charge in [-0.1, -0.05) is 12.1 Å². The van der Waals surface area contributed by atoms with E-state index < -0.39 is 4.92 Å². The van der Waals surface area contributed by atoms with Crippen LogP contribution in [-0.4, -0.2) is 20.9 Å². The van der Waals surface area contributed by atoms with Gasteiger partial charge in [0.1, 0.15) is 5.82 Å². The van der Waals surface area contributed by atoms with Gasteiger partial charge >= 0.3 is 0 Å². The Labute approximate surface area is 97.4 Å². The summed E-state index contributed by atoms with van der Waals surface area (Å²) < 4.78 is 1.59. The van der Waals surface area contributed by atoms with E-state index in [9.17, 15) is 10.1 Å². The fourth-order valence-electron chi connectivity index (χ4n) is 1.39. The molecule has 0 aliphatic heterocycles. The van der Waals surface area contributed by atoms with Crippen LogP contribution in [0.1, 0.15) is 5.56 Å². The highest BCUT2D eigenvalue weighted by Gasteiger charge is 2.09. The first-order chi connectivity index (χ1) is 8.18. The molecule has 0 fully saturated rings. The summed E-state index contributed by atoms with van der Waals surface area (Å²) >= 11 is 0. The Morgan fingerprint density at radius 2 is 2.18 bits per heavy atom. The highest BCUT2D eigenvalue weighted by Crippen LogP contribution is 2.17. The van der Waals surface area contributed by atoms with Crippen LogP contribution in [-0.2, 0) is 7.05 Å². The molecule has 2 rings (SSSR count). The summed E-state index contributed by atoms with van der Waals surface area (Å²) in [5.41, 5.74) is 0.511. The third-order valence-corrected chi connectivity index (χ3v) is 2.26. The Bertz CT molecular complexity index is 574. The van der Waals surface area contributed by atoms with Crippen molar-refractivity contribution in [3.05, 3.63) is 52.2 Å². The number of hydrogen-bond donors (Lipinski definition) is 0. The summed E-state index contributed by atoms with van der Waals surface area (Å²) in [7, 11) is 1.76. The Morgan fingerprint density at radius 1 is 1.41 bits per heavy atom. The molecule has 1 heterocycles. The molecule has 6 nitrogen and oxygen atoms in total. The molecular formula is C11H10N4O2. The van der Waals surface area contributed by atoms with Crippen LogP contribution in [0.25, 0.3) is 0 Å². The van der Waals surface area contributed by atoms with E-state index in [1.165, 1.54) is 12.3 Å². The van der Waals surface area contributed by atoms with Crippen LogP contribution in [0.4, 0.5) is 11.5 Å². The fraction of sp³-hybridized carbons (Fsp3) is 0.0909. The molecule has 1 aromatic carbocycles. The first-order valence-electron chi connectivity index (χ1n) is 4.94. The predicted octanol–water partition coefficient (Wildman–Crippen LogP) is 2.08. The van der Waals surface area contributed by atoms with Crippen LogP contribution in [0.2, 0.25) is 0 Å². The third-order valence-electron chi connectivity index (χ3n) is 2.26.